The van der Waals surface area contributed by atoms with Gasteiger partial charge < -0.3 is 21.3 Å². The molecule has 4 N–H and O–H groups in total. The van der Waals surface area contributed by atoms with Crippen molar-refractivity contribution in [3.63, 3.8) is 0 Å². The van der Waals surface area contributed by atoms with Crippen molar-refractivity contribution in [2.75, 3.05) is 32.9 Å². The minimum atomic E-state index is -0.211. The SMILES string of the molecule is CN(C)CCNC(=O)NC1(c2cccc(N)c2)CC1. The van der Waals surface area contributed by atoms with E-state index in [4.69, 9.17) is 5.73 Å². The molecule has 0 aliphatic heterocycles. The molecule has 104 valence electrons. The van der Waals surface area contributed by atoms with E-state index in [0.29, 0.717) is 6.54 Å². The molecule has 1 aromatic rings. The second kappa shape index (κ2) is 5.48. The fraction of sp³-hybridized carbons (Fsp3) is 0.500. The largest absolute Gasteiger partial charge is 0.399 e. The van der Waals surface area contributed by atoms with E-state index < -0.39 is 0 Å². The Labute approximate surface area is 114 Å². The Hall–Kier alpha value is -1.75. The Bertz CT molecular complexity index is 455. The summed E-state index contributed by atoms with van der Waals surface area (Å²) >= 11 is 0. The molecule has 1 aliphatic carbocycles. The number of likely N-dealkylation sites (N-methyl/N-ethyl adjacent to an activating group) is 1. The van der Waals surface area contributed by atoms with Gasteiger partial charge in [-0.15, -0.1) is 0 Å². The average Bonchev–Trinajstić information content (AvgIpc) is 3.09. The normalized spacial score (nSPS) is 16.2. The van der Waals surface area contributed by atoms with Gasteiger partial charge in [-0.2, -0.15) is 0 Å². The Morgan fingerprint density at radius 3 is 2.74 bits per heavy atom. The zero-order valence-electron chi connectivity index (χ0n) is 11.6. The molecule has 0 radical (unpaired) electrons. The number of carbonyl (C=O) groups excluding carboxylic acids is 1. The molecule has 19 heavy (non-hydrogen) atoms. The van der Waals surface area contributed by atoms with Gasteiger partial charge in [0.25, 0.3) is 0 Å². The van der Waals surface area contributed by atoms with Gasteiger partial charge in [0.1, 0.15) is 0 Å². The van der Waals surface area contributed by atoms with Gasteiger partial charge in [-0.05, 0) is 44.6 Å². The van der Waals surface area contributed by atoms with Crippen LogP contribution in [0.15, 0.2) is 24.3 Å². The molecule has 0 spiro atoms. The van der Waals surface area contributed by atoms with E-state index in [1.54, 1.807) is 0 Å². The number of amides is 2. The van der Waals surface area contributed by atoms with Crippen molar-refractivity contribution in [3.8, 4) is 0 Å². The maximum absolute atomic E-state index is 11.9. The summed E-state index contributed by atoms with van der Waals surface area (Å²) in [5.74, 6) is 0. The van der Waals surface area contributed by atoms with Crippen LogP contribution in [0.3, 0.4) is 0 Å². The molecular formula is C14H22N4O. The van der Waals surface area contributed by atoms with Gasteiger partial charge in [-0.1, -0.05) is 12.1 Å². The van der Waals surface area contributed by atoms with Crippen LogP contribution in [0.4, 0.5) is 10.5 Å². The molecule has 1 aliphatic rings. The first-order chi connectivity index (χ1) is 9.02. The van der Waals surface area contributed by atoms with Crippen LogP contribution in [0.5, 0.6) is 0 Å². The predicted octanol–water partition coefficient (Wildman–Crippen LogP) is 1.12. The summed E-state index contributed by atoms with van der Waals surface area (Å²) in [6.45, 7) is 1.48. The number of hydrogen-bond donors (Lipinski definition) is 3. The van der Waals surface area contributed by atoms with Crippen LogP contribution in [0.1, 0.15) is 18.4 Å². The van der Waals surface area contributed by atoms with E-state index in [9.17, 15) is 4.79 Å². The van der Waals surface area contributed by atoms with Gasteiger partial charge in [0.15, 0.2) is 0 Å². The number of nitrogens with zero attached hydrogens (tertiary/aromatic N) is 1. The van der Waals surface area contributed by atoms with Crippen molar-refractivity contribution >= 4 is 11.7 Å². The van der Waals surface area contributed by atoms with E-state index in [1.165, 1.54) is 0 Å². The molecule has 1 saturated carbocycles. The number of rotatable bonds is 5. The van der Waals surface area contributed by atoms with Gasteiger partial charge in [-0.25, -0.2) is 4.79 Å². The standard InChI is InChI=1S/C14H22N4O/c1-18(2)9-8-16-13(19)17-14(6-7-14)11-4-3-5-12(15)10-11/h3-5,10H,6-9,15H2,1-2H3,(H2,16,17,19). The molecule has 0 unspecified atom stereocenters. The summed E-state index contributed by atoms with van der Waals surface area (Å²) in [6.07, 6.45) is 1.94. The predicted molar refractivity (Wildman–Crippen MR) is 76.9 cm³/mol. The molecule has 1 fully saturated rings. The number of carbonyl (C=O) groups is 1. The Kier molecular flexibility index (Phi) is 3.95. The zero-order chi connectivity index (χ0) is 13.9. The summed E-state index contributed by atoms with van der Waals surface area (Å²) in [5.41, 5.74) is 7.41. The minimum Gasteiger partial charge on any atom is -0.399 e. The number of nitrogen functional groups attached to an aromatic ring is 1. The molecule has 0 bridgehead atoms. The molecule has 2 amide bonds. The zero-order valence-corrected chi connectivity index (χ0v) is 11.6. The van der Waals surface area contributed by atoms with Gasteiger partial charge >= 0.3 is 6.03 Å². The van der Waals surface area contributed by atoms with E-state index in [-0.39, 0.29) is 11.6 Å². The highest BCUT2D eigenvalue weighted by Crippen LogP contribution is 2.45. The molecule has 0 atom stereocenters. The van der Waals surface area contributed by atoms with Crippen molar-refractivity contribution in [1.82, 2.24) is 15.5 Å². The molecule has 5 nitrogen and oxygen atoms in total. The fourth-order valence-corrected chi connectivity index (χ4v) is 2.10. The second-order valence-electron chi connectivity index (χ2n) is 5.39. The smallest absolute Gasteiger partial charge is 0.315 e. The Balaban J connectivity index is 1.89. The Morgan fingerprint density at radius 1 is 1.42 bits per heavy atom. The Morgan fingerprint density at radius 2 is 2.16 bits per heavy atom. The van der Waals surface area contributed by atoms with Gasteiger partial charge in [0.05, 0.1) is 5.54 Å². The van der Waals surface area contributed by atoms with Gasteiger partial charge in [0, 0.05) is 18.8 Å². The third kappa shape index (κ3) is 3.61. The van der Waals surface area contributed by atoms with Crippen molar-refractivity contribution in [2.24, 2.45) is 0 Å². The van der Waals surface area contributed by atoms with Crippen LogP contribution < -0.4 is 16.4 Å². The van der Waals surface area contributed by atoms with Crippen LogP contribution in [0, 0.1) is 0 Å². The van der Waals surface area contributed by atoms with E-state index in [2.05, 4.69) is 10.6 Å². The maximum Gasteiger partial charge on any atom is 0.315 e. The summed E-state index contributed by atoms with van der Waals surface area (Å²) in [4.78, 5) is 13.9. The number of nitrogens with two attached hydrogens (primary N) is 1. The maximum atomic E-state index is 11.9. The average molecular weight is 262 g/mol. The van der Waals surface area contributed by atoms with Crippen LogP contribution in [0.25, 0.3) is 0 Å². The van der Waals surface area contributed by atoms with Crippen molar-refractivity contribution < 1.29 is 4.79 Å². The monoisotopic (exact) mass is 262 g/mol. The van der Waals surface area contributed by atoms with E-state index in [0.717, 1.165) is 30.6 Å². The van der Waals surface area contributed by atoms with Gasteiger partial charge in [0.2, 0.25) is 0 Å². The first-order valence-corrected chi connectivity index (χ1v) is 6.59. The van der Waals surface area contributed by atoms with Crippen LogP contribution in [-0.2, 0) is 5.54 Å². The molecule has 2 rings (SSSR count). The second-order valence-corrected chi connectivity index (χ2v) is 5.39. The fourth-order valence-electron chi connectivity index (χ4n) is 2.10. The van der Waals surface area contributed by atoms with Crippen molar-refractivity contribution in [2.45, 2.75) is 18.4 Å². The lowest BCUT2D eigenvalue weighted by Gasteiger charge is -2.19. The lowest BCUT2D eigenvalue weighted by molar-refractivity contribution is 0.234. The molecule has 0 saturated heterocycles. The summed E-state index contributed by atoms with van der Waals surface area (Å²) in [5, 5.41) is 5.93. The summed E-state index contributed by atoms with van der Waals surface area (Å²) < 4.78 is 0. The van der Waals surface area contributed by atoms with Crippen molar-refractivity contribution in [3.05, 3.63) is 29.8 Å². The lowest BCUT2D eigenvalue weighted by atomic mass is 10.0. The van der Waals surface area contributed by atoms with E-state index >= 15 is 0 Å². The number of hydrogen-bond acceptors (Lipinski definition) is 3. The van der Waals surface area contributed by atoms with Gasteiger partial charge in [-0.3, -0.25) is 0 Å². The first-order valence-electron chi connectivity index (χ1n) is 6.59. The lowest BCUT2D eigenvalue weighted by Crippen LogP contribution is -2.44. The number of urea groups is 1. The quantitative estimate of drug-likeness (QED) is 0.696. The van der Waals surface area contributed by atoms with E-state index in [1.807, 2.05) is 43.3 Å². The third-order valence-electron chi connectivity index (χ3n) is 3.39. The van der Waals surface area contributed by atoms with Crippen LogP contribution in [0.2, 0.25) is 0 Å². The molecule has 0 aromatic heterocycles. The molecule has 0 heterocycles. The third-order valence-corrected chi connectivity index (χ3v) is 3.39. The first kappa shape index (κ1) is 13.7. The van der Waals surface area contributed by atoms with Crippen molar-refractivity contribution in [1.29, 1.82) is 0 Å². The highest BCUT2D eigenvalue weighted by Gasteiger charge is 2.45. The summed E-state index contributed by atoms with van der Waals surface area (Å²) in [7, 11) is 3.96. The minimum absolute atomic E-state index is 0.109. The number of nitrogens with one attached hydrogen (secondary N) is 2. The highest BCUT2D eigenvalue weighted by molar-refractivity contribution is 5.75. The number of benzene rings is 1. The van der Waals surface area contributed by atoms with Crippen LogP contribution >= 0.6 is 0 Å². The highest BCUT2D eigenvalue weighted by atomic mass is 16.2. The van der Waals surface area contributed by atoms with Crippen LogP contribution in [-0.4, -0.2) is 38.1 Å². The number of anilines is 1. The topological polar surface area (TPSA) is 70.4 Å². The molecule has 5 heteroatoms. The molecular weight excluding hydrogens is 240 g/mol. The molecule has 1 aromatic carbocycles. The summed E-state index contributed by atoms with van der Waals surface area (Å²) in [6, 6.07) is 7.63.